The predicted molar refractivity (Wildman–Crippen MR) is 136 cm³/mol. The average molecular weight is 545 g/mol. The summed E-state index contributed by atoms with van der Waals surface area (Å²) in [6, 6.07) is 0.472. The lowest BCUT2D eigenvalue weighted by Gasteiger charge is -2.43. The van der Waals surface area contributed by atoms with Crippen molar-refractivity contribution >= 4 is 29.5 Å². The van der Waals surface area contributed by atoms with Crippen molar-refractivity contribution in [1.82, 2.24) is 30.4 Å². The third-order valence-corrected chi connectivity index (χ3v) is 7.77. The molecule has 15 heteroatoms. The summed E-state index contributed by atoms with van der Waals surface area (Å²) in [6.07, 6.45) is 5.58. The molecule has 5 aliphatic rings. The van der Waals surface area contributed by atoms with Crippen molar-refractivity contribution in [1.29, 1.82) is 0 Å². The number of amides is 2. The van der Waals surface area contributed by atoms with Crippen LogP contribution in [-0.4, -0.2) is 102 Å². The predicted octanol–water partition coefficient (Wildman–Crippen LogP) is -0.106. The molecule has 0 aliphatic carbocycles. The molecule has 208 valence electrons. The Balaban J connectivity index is 1.10. The van der Waals surface area contributed by atoms with E-state index in [-0.39, 0.29) is 45.4 Å². The summed E-state index contributed by atoms with van der Waals surface area (Å²) in [6.45, 7) is 5.55. The van der Waals surface area contributed by atoms with Crippen LogP contribution in [0.4, 0.5) is 20.2 Å². The third kappa shape index (κ3) is 4.88. The third-order valence-electron chi connectivity index (χ3n) is 7.77. The number of piperazine rings is 1. The van der Waals surface area contributed by atoms with Gasteiger partial charge < -0.3 is 19.9 Å². The summed E-state index contributed by atoms with van der Waals surface area (Å²) in [7, 11) is 0. The minimum absolute atomic E-state index is 0.0601. The van der Waals surface area contributed by atoms with Crippen molar-refractivity contribution in [2.24, 2.45) is 16.8 Å². The zero-order valence-corrected chi connectivity index (χ0v) is 21.2. The van der Waals surface area contributed by atoms with Crippen molar-refractivity contribution in [3.63, 3.8) is 0 Å². The maximum absolute atomic E-state index is 15.0. The number of nitrogens with two attached hydrogens (primary N) is 1. The van der Waals surface area contributed by atoms with Crippen LogP contribution in [0, 0.1) is 11.7 Å². The minimum atomic E-state index is -0.667. The zero-order chi connectivity index (χ0) is 27.1. The first-order valence-corrected chi connectivity index (χ1v) is 13.0. The van der Waals surface area contributed by atoms with E-state index in [1.807, 2.05) is 9.80 Å². The highest BCUT2D eigenvalue weighted by atomic mass is 19.2. The number of hydrogen-bond donors (Lipinski definition) is 3. The van der Waals surface area contributed by atoms with Gasteiger partial charge in [0.2, 0.25) is 5.91 Å². The summed E-state index contributed by atoms with van der Waals surface area (Å²) in [5.41, 5.74) is 3.29. The van der Waals surface area contributed by atoms with Gasteiger partial charge in [-0.1, -0.05) is 4.48 Å². The second-order valence-electron chi connectivity index (χ2n) is 10.1. The molecule has 0 atom stereocenters. The molecule has 39 heavy (non-hydrogen) atoms. The fraction of sp³-hybridized carbons (Fsp3) is 0.500. The fourth-order valence-electron chi connectivity index (χ4n) is 5.56. The van der Waals surface area contributed by atoms with Crippen LogP contribution >= 0.6 is 0 Å². The molecule has 0 radical (unpaired) electrons. The van der Waals surface area contributed by atoms with Gasteiger partial charge in [-0.25, -0.2) is 20.3 Å². The van der Waals surface area contributed by atoms with E-state index in [0.29, 0.717) is 45.1 Å². The standard InChI is InChI=1S/C24H30F2N10O3/c25-17-9-28-10-18(30-23(37)22-20-19(31-36(22)27)11-35(26)14-29-20)21(17)33-3-1-15(2-4-33)24(38)34-7-5-32(6-8-34)16-12-39-13-16/h9-11,14-16,31H,1-8,12-13,27H2,(H,30,37). The number of ether oxygens (including phenoxy) is 1. The molecular weight excluding hydrogens is 514 g/mol. The number of nitrogens with one attached hydrogen (secondary N) is 2. The second-order valence-corrected chi connectivity index (χ2v) is 10.1. The number of anilines is 2. The molecule has 6 heterocycles. The maximum Gasteiger partial charge on any atom is 0.277 e. The van der Waals surface area contributed by atoms with Gasteiger partial charge in [-0.2, -0.15) is 5.12 Å². The van der Waals surface area contributed by atoms with E-state index in [2.05, 4.69) is 25.6 Å². The molecule has 3 saturated heterocycles. The number of aliphatic imine (C=N–C) groups is 1. The summed E-state index contributed by atoms with van der Waals surface area (Å²) in [5, 5.41) is 3.83. The molecule has 2 amide bonds. The Morgan fingerprint density at radius 2 is 1.85 bits per heavy atom. The number of pyridine rings is 1. The van der Waals surface area contributed by atoms with Gasteiger partial charge in [0.25, 0.3) is 5.91 Å². The molecule has 5 aliphatic heterocycles. The Morgan fingerprint density at radius 3 is 2.54 bits per heavy atom. The van der Waals surface area contributed by atoms with Crippen LogP contribution in [0.3, 0.4) is 0 Å². The van der Waals surface area contributed by atoms with E-state index < -0.39 is 11.7 Å². The van der Waals surface area contributed by atoms with Crippen LogP contribution in [0.2, 0.25) is 0 Å². The SMILES string of the molecule is NN1NC2=CN(F)C=NC2=C1C(=O)Nc1cncc(F)c1N1CCC(C(=O)N2CCN(C3COC3)CC2)CC1. The lowest BCUT2D eigenvalue weighted by Crippen LogP contribution is -2.58. The van der Waals surface area contributed by atoms with Crippen molar-refractivity contribution in [3.05, 3.63) is 41.5 Å². The number of piperidine rings is 1. The van der Waals surface area contributed by atoms with E-state index >= 15 is 4.39 Å². The summed E-state index contributed by atoms with van der Waals surface area (Å²) >= 11 is 0. The molecule has 4 N–H and O–H groups in total. The Hall–Kier alpha value is -3.82. The highest BCUT2D eigenvalue weighted by Gasteiger charge is 2.36. The topological polar surface area (TPSA) is 135 Å². The van der Waals surface area contributed by atoms with Crippen LogP contribution in [0.25, 0.3) is 0 Å². The van der Waals surface area contributed by atoms with Crippen LogP contribution in [0.1, 0.15) is 12.8 Å². The number of carbonyl (C=O) groups is 2. The normalized spacial score (nSPS) is 22.5. The Morgan fingerprint density at radius 1 is 1.10 bits per heavy atom. The molecule has 1 aromatic rings. The second kappa shape index (κ2) is 10.4. The highest BCUT2D eigenvalue weighted by molar-refractivity contribution is 6.06. The van der Waals surface area contributed by atoms with Crippen molar-refractivity contribution in [3.8, 4) is 0 Å². The molecule has 6 rings (SSSR count). The quantitative estimate of drug-likeness (QED) is 0.341. The van der Waals surface area contributed by atoms with Crippen molar-refractivity contribution in [2.75, 3.05) is 62.7 Å². The van der Waals surface area contributed by atoms with E-state index in [1.165, 1.54) is 6.20 Å². The highest BCUT2D eigenvalue weighted by Crippen LogP contribution is 2.34. The summed E-state index contributed by atoms with van der Waals surface area (Å²) in [5.74, 6) is 4.65. The number of rotatable bonds is 5. The number of hydrazine groups is 2. The largest absolute Gasteiger partial charge is 0.378 e. The minimum Gasteiger partial charge on any atom is -0.378 e. The van der Waals surface area contributed by atoms with Crippen molar-refractivity contribution in [2.45, 2.75) is 18.9 Å². The zero-order valence-electron chi connectivity index (χ0n) is 21.2. The first-order chi connectivity index (χ1) is 18.9. The number of halogens is 2. The Bertz CT molecular complexity index is 1240. The maximum atomic E-state index is 15.0. The van der Waals surface area contributed by atoms with E-state index in [0.717, 1.165) is 50.2 Å². The van der Waals surface area contributed by atoms with Crippen LogP contribution in [0.15, 0.2) is 40.7 Å². The first-order valence-electron chi connectivity index (χ1n) is 13.0. The average Bonchev–Trinajstić information content (AvgIpc) is 3.23. The molecule has 1 aromatic heterocycles. The summed E-state index contributed by atoms with van der Waals surface area (Å²) < 4.78 is 33.8. The van der Waals surface area contributed by atoms with E-state index in [9.17, 15) is 14.1 Å². The van der Waals surface area contributed by atoms with Gasteiger partial charge in [-0.05, 0) is 12.8 Å². The number of aromatic nitrogens is 1. The van der Waals surface area contributed by atoms with Crippen LogP contribution in [0.5, 0.6) is 0 Å². The fourth-order valence-corrected chi connectivity index (χ4v) is 5.56. The smallest absolute Gasteiger partial charge is 0.277 e. The number of carbonyl (C=O) groups excluding carboxylic acids is 2. The molecule has 13 nitrogen and oxygen atoms in total. The lowest BCUT2D eigenvalue weighted by molar-refractivity contribution is -0.140. The van der Waals surface area contributed by atoms with Crippen molar-refractivity contribution < 1.29 is 23.2 Å². The van der Waals surface area contributed by atoms with Gasteiger partial charge in [0.05, 0.1) is 43.5 Å². The van der Waals surface area contributed by atoms with E-state index in [1.54, 1.807) is 0 Å². The lowest BCUT2D eigenvalue weighted by atomic mass is 9.94. The monoisotopic (exact) mass is 544 g/mol. The van der Waals surface area contributed by atoms with Gasteiger partial charge in [0.15, 0.2) is 11.5 Å². The molecule has 0 aromatic carbocycles. The van der Waals surface area contributed by atoms with Gasteiger partial charge in [0.1, 0.15) is 23.4 Å². The molecular formula is C24H30F2N10O3. The molecule has 3 fully saturated rings. The number of hydrogen-bond acceptors (Lipinski definition) is 11. The Kier molecular flexibility index (Phi) is 6.78. The number of nitrogens with zero attached hydrogens (tertiary/aromatic N) is 7. The Labute approximate surface area is 223 Å². The van der Waals surface area contributed by atoms with Gasteiger partial charge in [-0.15, -0.1) is 0 Å². The van der Waals surface area contributed by atoms with E-state index in [4.69, 9.17) is 10.6 Å². The van der Waals surface area contributed by atoms with Gasteiger partial charge in [-0.3, -0.25) is 24.9 Å². The van der Waals surface area contributed by atoms with Gasteiger partial charge >= 0.3 is 0 Å². The van der Waals surface area contributed by atoms with Crippen LogP contribution < -0.4 is 21.5 Å². The molecule has 0 bridgehead atoms. The van der Waals surface area contributed by atoms with Crippen LogP contribution in [-0.2, 0) is 14.3 Å². The first kappa shape index (κ1) is 25.5. The number of fused-ring (bicyclic) bond motifs is 1. The molecule has 0 spiro atoms. The molecule has 0 unspecified atom stereocenters. The summed E-state index contributed by atoms with van der Waals surface area (Å²) in [4.78, 5) is 40.3. The molecule has 0 saturated carbocycles. The van der Waals surface area contributed by atoms with Gasteiger partial charge in [0, 0.05) is 45.2 Å².